The molecule has 2 bridgehead atoms. The van der Waals surface area contributed by atoms with Gasteiger partial charge in [-0.2, -0.15) is 13.2 Å². The molecule has 2 atom stereocenters. The van der Waals surface area contributed by atoms with Gasteiger partial charge in [0, 0.05) is 40.9 Å². The van der Waals surface area contributed by atoms with E-state index in [1.807, 2.05) is 0 Å². The van der Waals surface area contributed by atoms with Crippen molar-refractivity contribution in [2.45, 2.75) is 86.6 Å². The highest BCUT2D eigenvalue weighted by Crippen LogP contribution is 2.60. The molecule has 4 fully saturated rings. The van der Waals surface area contributed by atoms with Crippen molar-refractivity contribution in [3.05, 3.63) is 28.8 Å². The largest absolute Gasteiger partial charge is 0.522 e. The number of ether oxygens (including phenoxy) is 3. The van der Waals surface area contributed by atoms with E-state index < -0.39 is 54.0 Å². The molecule has 4 aliphatic carbocycles. The Balaban J connectivity index is 0.000000493. The van der Waals surface area contributed by atoms with Gasteiger partial charge in [-0.05, 0) is 37.5 Å². The highest BCUT2D eigenvalue weighted by atomic mass is 35.5. The van der Waals surface area contributed by atoms with Crippen LogP contribution in [0.4, 0.5) is 26.3 Å². The Morgan fingerprint density at radius 1 is 1.00 bits per heavy atom. The molecule has 5 aliphatic rings. The number of carboxylic acids is 1. The van der Waals surface area contributed by atoms with E-state index in [9.17, 15) is 41.0 Å². The summed E-state index contributed by atoms with van der Waals surface area (Å²) in [6.07, 6.45) is -10.7. The van der Waals surface area contributed by atoms with E-state index in [4.69, 9.17) is 31.0 Å². The summed E-state index contributed by atoms with van der Waals surface area (Å²) in [6.45, 7) is -0.234. The lowest BCUT2D eigenvalue weighted by atomic mass is 9.44. The van der Waals surface area contributed by atoms with E-state index in [2.05, 4.69) is 15.4 Å². The minimum absolute atomic E-state index is 0.0997. The summed E-state index contributed by atoms with van der Waals surface area (Å²) in [6, 6.07) is 4.87. The number of carbonyl (C=O) groups is 3. The monoisotopic (exact) mass is 618 g/mol. The lowest BCUT2D eigenvalue weighted by Gasteiger charge is -2.70. The maximum Gasteiger partial charge on any atom is 0.522 e. The lowest BCUT2D eigenvalue weighted by Crippen LogP contribution is -2.84. The Hall–Kier alpha value is -2.82. The van der Waals surface area contributed by atoms with Crippen molar-refractivity contribution in [1.29, 1.82) is 0 Å². The van der Waals surface area contributed by atoms with Crippen molar-refractivity contribution in [2.75, 3.05) is 6.61 Å². The van der Waals surface area contributed by atoms with Crippen LogP contribution in [0, 0.1) is 0 Å². The molecule has 2 amide bonds. The Labute approximate surface area is 233 Å². The van der Waals surface area contributed by atoms with Crippen molar-refractivity contribution in [1.82, 2.24) is 10.6 Å². The van der Waals surface area contributed by atoms with E-state index in [0.29, 0.717) is 35.6 Å². The van der Waals surface area contributed by atoms with Crippen LogP contribution in [0.15, 0.2) is 18.2 Å². The van der Waals surface area contributed by atoms with Crippen molar-refractivity contribution >= 4 is 29.4 Å². The maximum atomic E-state index is 12.7. The van der Waals surface area contributed by atoms with Gasteiger partial charge in [-0.25, -0.2) is 4.79 Å². The number of carboxylic acid groups (broad SMARTS) is 1. The molecule has 0 spiro atoms. The number of aliphatic carboxylic acids is 1. The first kappa shape index (κ1) is 31.1. The van der Waals surface area contributed by atoms with Gasteiger partial charge in [0.25, 0.3) is 5.91 Å². The third-order valence-corrected chi connectivity index (χ3v) is 7.43. The number of benzene rings is 1. The van der Waals surface area contributed by atoms with Gasteiger partial charge in [0.15, 0.2) is 6.10 Å². The summed E-state index contributed by atoms with van der Waals surface area (Å²) in [7, 11) is 0. The highest BCUT2D eigenvalue weighted by molar-refractivity contribution is 6.30. The summed E-state index contributed by atoms with van der Waals surface area (Å²) in [4.78, 5) is 33.8. The van der Waals surface area contributed by atoms with Gasteiger partial charge >= 0.3 is 18.5 Å². The Morgan fingerprint density at radius 2 is 1.59 bits per heavy atom. The molecule has 0 saturated heterocycles. The molecule has 4 N–H and O–H groups in total. The molecular formula is C24H25ClF6N2O8. The van der Waals surface area contributed by atoms with Gasteiger partial charge in [0.2, 0.25) is 5.91 Å². The zero-order chi connectivity index (χ0) is 30.4. The molecule has 10 nitrogen and oxygen atoms in total. The molecule has 6 rings (SSSR count). The number of rotatable bonds is 7. The van der Waals surface area contributed by atoms with Crippen LogP contribution in [-0.2, 0) is 23.9 Å². The van der Waals surface area contributed by atoms with Crippen molar-refractivity contribution in [2.24, 2.45) is 0 Å². The second kappa shape index (κ2) is 11.1. The minimum Gasteiger partial charge on any atom is -0.480 e. The number of halogens is 7. The second-order valence-electron chi connectivity index (χ2n) is 10.6. The van der Waals surface area contributed by atoms with Gasteiger partial charge < -0.3 is 30.3 Å². The molecule has 41 heavy (non-hydrogen) atoms. The number of fused-ring (bicyclic) bond motifs is 1. The van der Waals surface area contributed by atoms with Crippen LogP contribution >= 0.6 is 11.6 Å². The van der Waals surface area contributed by atoms with Gasteiger partial charge in [0.1, 0.15) is 12.4 Å². The van der Waals surface area contributed by atoms with Crippen LogP contribution in [0.2, 0.25) is 5.02 Å². The summed E-state index contributed by atoms with van der Waals surface area (Å²) in [5.74, 6) is -2.99. The van der Waals surface area contributed by atoms with Crippen molar-refractivity contribution in [3.63, 3.8) is 0 Å². The Morgan fingerprint density at radius 3 is 2.15 bits per heavy atom. The van der Waals surface area contributed by atoms with E-state index in [0.717, 1.165) is 0 Å². The summed E-state index contributed by atoms with van der Waals surface area (Å²) >= 11 is 5.95. The maximum absolute atomic E-state index is 12.7. The normalized spacial score (nSPS) is 31.4. The summed E-state index contributed by atoms with van der Waals surface area (Å²) in [5, 5.41) is 23.9. The average molecular weight is 619 g/mol. The first-order valence-electron chi connectivity index (χ1n) is 12.3. The molecular weight excluding hydrogens is 594 g/mol. The molecule has 228 valence electrons. The fourth-order valence-corrected chi connectivity index (χ4v) is 5.62. The number of hydrogen-bond donors (Lipinski definition) is 4. The molecule has 1 aromatic carbocycles. The Bertz CT molecular complexity index is 1170. The first-order chi connectivity index (χ1) is 18.9. The number of aliphatic hydroxyl groups excluding tert-OH is 1. The number of nitrogens with one attached hydrogen (secondary N) is 2. The number of carbonyl (C=O) groups excluding carboxylic acids is 2. The van der Waals surface area contributed by atoms with Gasteiger partial charge in [-0.1, -0.05) is 11.6 Å². The third-order valence-electron chi connectivity index (χ3n) is 7.20. The molecule has 1 aliphatic heterocycles. The molecule has 1 heterocycles. The molecule has 4 saturated carbocycles. The minimum atomic E-state index is -5.08. The first-order valence-corrected chi connectivity index (χ1v) is 12.7. The summed E-state index contributed by atoms with van der Waals surface area (Å²) < 4.78 is 83.1. The fourth-order valence-electron chi connectivity index (χ4n) is 5.44. The van der Waals surface area contributed by atoms with Crippen LogP contribution in [-0.4, -0.2) is 76.5 Å². The quantitative estimate of drug-likeness (QED) is 0.342. The van der Waals surface area contributed by atoms with E-state index in [1.54, 1.807) is 18.2 Å². The Kier molecular flexibility index (Phi) is 8.44. The molecule has 17 heteroatoms. The van der Waals surface area contributed by atoms with E-state index in [-0.39, 0.29) is 37.7 Å². The summed E-state index contributed by atoms with van der Waals surface area (Å²) in [5.41, 5.74) is -0.252. The van der Waals surface area contributed by atoms with Crippen LogP contribution in [0.5, 0.6) is 5.75 Å². The second-order valence-corrected chi connectivity index (χ2v) is 11.0. The van der Waals surface area contributed by atoms with Gasteiger partial charge in [-0.15, -0.1) is 13.2 Å². The molecule has 0 aromatic heterocycles. The predicted octanol–water partition coefficient (Wildman–Crippen LogP) is 3.15. The van der Waals surface area contributed by atoms with E-state index >= 15 is 0 Å². The fraction of sp³-hybridized carbons (Fsp3) is 0.625. The van der Waals surface area contributed by atoms with E-state index in [1.165, 1.54) is 0 Å². The van der Waals surface area contributed by atoms with Crippen LogP contribution in [0.25, 0.3) is 0 Å². The molecule has 1 aromatic rings. The smallest absolute Gasteiger partial charge is 0.480 e. The number of aliphatic hydroxyl groups is 1. The SMILES string of the molecule is O=C(CO[C@H]1C[C@@H](OC(F)(F)F)C1)NC12CC(NC(=O)[C@@H]3C[C@@H](O)c4cc(Cl)ccc4O3)(C1)C2.O=C(O)C(F)(F)F. The lowest BCUT2D eigenvalue weighted by molar-refractivity contribution is -0.357. The zero-order valence-electron chi connectivity index (χ0n) is 21.0. The van der Waals surface area contributed by atoms with Crippen molar-refractivity contribution < 1.29 is 65.1 Å². The molecule has 0 radical (unpaired) electrons. The standard InChI is InChI=1S/C22H24ClF3N2O6.C2HF3O2/c23-11-1-2-16-14(3-11)15(29)6-17(33-16)19(31)28-21-8-20(9-21,10-21)27-18(30)7-32-12-4-13(5-12)34-22(24,25)26;3-2(4,5)1(6)7/h1-3,12-13,15,17,29H,4-10H2,(H,27,30)(H,28,31);(H,6,7)/t12-,13+,15-,17+,20?,21?;/m1./s1. The number of hydrogen-bond acceptors (Lipinski definition) is 7. The van der Waals surface area contributed by atoms with Crippen LogP contribution < -0.4 is 15.4 Å². The van der Waals surface area contributed by atoms with Gasteiger partial charge in [0.05, 0.1) is 18.3 Å². The van der Waals surface area contributed by atoms with Gasteiger partial charge in [-0.3, -0.25) is 14.3 Å². The predicted molar refractivity (Wildman–Crippen MR) is 125 cm³/mol. The average Bonchev–Trinajstić information content (AvgIpc) is 2.77. The third kappa shape index (κ3) is 7.53. The number of amides is 2. The van der Waals surface area contributed by atoms with Crippen molar-refractivity contribution in [3.8, 4) is 5.75 Å². The topological polar surface area (TPSA) is 143 Å². The highest BCUT2D eigenvalue weighted by Gasteiger charge is 2.69. The number of alkyl halides is 6. The van der Waals surface area contributed by atoms with Crippen LogP contribution in [0.1, 0.15) is 50.2 Å². The van der Waals surface area contributed by atoms with Crippen LogP contribution in [0.3, 0.4) is 0 Å². The molecule has 0 unspecified atom stereocenters. The zero-order valence-corrected chi connectivity index (χ0v) is 21.7.